The predicted molar refractivity (Wildman–Crippen MR) is 131 cm³/mol. The number of nitrogens with one attached hydrogen (secondary N) is 1. The van der Waals surface area contributed by atoms with E-state index in [1.165, 1.54) is 5.57 Å². The maximum Gasteiger partial charge on any atom is 0.251 e. The van der Waals surface area contributed by atoms with Crippen LogP contribution in [0.3, 0.4) is 0 Å². The standard InChI is InChI=1S/C26H33N5O3/c1-18(2)24(27-26(32)20-7-9-21(33-4)10-8-20)25-29-28-23-11-12-30(13-14-31(23)25)17-19(3)16-22-6-5-15-34-22/h5-10,15-16,18,24H,11-14,17H2,1-4H3,(H,27,32)/b19-16+. The molecule has 8 nitrogen and oxygen atoms in total. The average Bonchev–Trinajstić information content (AvgIpc) is 3.44. The Morgan fingerprint density at radius 2 is 1.97 bits per heavy atom. The predicted octanol–water partition coefficient (Wildman–Crippen LogP) is 3.97. The molecule has 0 saturated carbocycles. The number of carbonyl (C=O) groups excluding carboxylic acids is 1. The fourth-order valence-electron chi connectivity index (χ4n) is 4.29. The van der Waals surface area contributed by atoms with Crippen LogP contribution in [0.5, 0.6) is 5.75 Å². The Labute approximate surface area is 200 Å². The van der Waals surface area contributed by atoms with Gasteiger partial charge in [0.25, 0.3) is 5.91 Å². The topological polar surface area (TPSA) is 85.4 Å². The summed E-state index contributed by atoms with van der Waals surface area (Å²) in [5.41, 5.74) is 1.84. The summed E-state index contributed by atoms with van der Waals surface area (Å²) in [5.74, 6) is 3.41. The van der Waals surface area contributed by atoms with E-state index in [-0.39, 0.29) is 17.9 Å². The van der Waals surface area contributed by atoms with Gasteiger partial charge in [-0.15, -0.1) is 10.2 Å². The fourth-order valence-corrected chi connectivity index (χ4v) is 4.29. The van der Waals surface area contributed by atoms with Crippen molar-refractivity contribution in [3.63, 3.8) is 0 Å². The lowest BCUT2D eigenvalue weighted by Gasteiger charge is -2.23. The van der Waals surface area contributed by atoms with Gasteiger partial charge in [-0.2, -0.15) is 0 Å². The van der Waals surface area contributed by atoms with E-state index in [1.807, 2.05) is 12.1 Å². The van der Waals surface area contributed by atoms with E-state index in [0.717, 1.165) is 55.8 Å². The van der Waals surface area contributed by atoms with Crippen molar-refractivity contribution in [2.24, 2.45) is 5.92 Å². The van der Waals surface area contributed by atoms with Gasteiger partial charge in [0.05, 0.1) is 19.4 Å². The highest BCUT2D eigenvalue weighted by Gasteiger charge is 2.27. The van der Waals surface area contributed by atoms with Crippen LogP contribution in [0.15, 0.2) is 52.7 Å². The first-order valence-electron chi connectivity index (χ1n) is 11.7. The number of nitrogens with zero attached hydrogens (tertiary/aromatic N) is 4. The normalized spacial score (nSPS) is 15.6. The molecule has 3 aromatic rings. The molecule has 1 aromatic carbocycles. The number of aromatic nitrogens is 3. The second kappa shape index (κ2) is 10.7. The first-order chi connectivity index (χ1) is 16.4. The summed E-state index contributed by atoms with van der Waals surface area (Å²) in [7, 11) is 1.61. The Morgan fingerprint density at radius 3 is 2.65 bits per heavy atom. The third-order valence-electron chi connectivity index (χ3n) is 6.14. The molecule has 0 bridgehead atoms. The van der Waals surface area contributed by atoms with Crippen molar-refractivity contribution < 1.29 is 13.9 Å². The molecule has 180 valence electrons. The van der Waals surface area contributed by atoms with Gasteiger partial charge in [-0.3, -0.25) is 9.69 Å². The average molecular weight is 464 g/mol. The van der Waals surface area contributed by atoms with Gasteiger partial charge in [-0.1, -0.05) is 19.4 Å². The zero-order valence-electron chi connectivity index (χ0n) is 20.3. The molecule has 0 aliphatic carbocycles. The molecular weight excluding hydrogens is 430 g/mol. The smallest absolute Gasteiger partial charge is 0.251 e. The van der Waals surface area contributed by atoms with Gasteiger partial charge < -0.3 is 19.0 Å². The molecular formula is C26H33N5O3. The zero-order valence-corrected chi connectivity index (χ0v) is 20.3. The summed E-state index contributed by atoms with van der Waals surface area (Å²) in [5, 5.41) is 12.2. The minimum absolute atomic E-state index is 0.132. The molecule has 0 fully saturated rings. The fraction of sp³-hybridized carbons (Fsp3) is 0.423. The van der Waals surface area contributed by atoms with Crippen LogP contribution in [0.2, 0.25) is 0 Å². The van der Waals surface area contributed by atoms with E-state index in [0.29, 0.717) is 5.56 Å². The van der Waals surface area contributed by atoms with Crippen molar-refractivity contribution >= 4 is 12.0 Å². The molecule has 8 heteroatoms. The summed E-state index contributed by atoms with van der Waals surface area (Å²) in [6.45, 7) is 9.76. The molecule has 0 radical (unpaired) electrons. The van der Waals surface area contributed by atoms with Crippen LogP contribution >= 0.6 is 0 Å². The number of fused-ring (bicyclic) bond motifs is 1. The van der Waals surface area contributed by atoms with E-state index in [1.54, 1.807) is 37.6 Å². The van der Waals surface area contributed by atoms with Gasteiger partial charge in [-0.25, -0.2) is 0 Å². The number of hydrogen-bond donors (Lipinski definition) is 1. The maximum absolute atomic E-state index is 13.0. The molecule has 0 spiro atoms. The monoisotopic (exact) mass is 463 g/mol. The number of benzene rings is 1. The number of amides is 1. The molecule has 1 atom stereocenters. The summed E-state index contributed by atoms with van der Waals surface area (Å²) >= 11 is 0. The highest BCUT2D eigenvalue weighted by molar-refractivity contribution is 5.94. The molecule has 2 aromatic heterocycles. The Balaban J connectivity index is 1.45. The van der Waals surface area contributed by atoms with Crippen molar-refractivity contribution in [2.45, 2.75) is 39.8 Å². The van der Waals surface area contributed by atoms with Crippen molar-refractivity contribution in [3.8, 4) is 5.75 Å². The van der Waals surface area contributed by atoms with Gasteiger partial charge in [0.2, 0.25) is 0 Å². The first-order valence-corrected chi connectivity index (χ1v) is 11.7. The van der Waals surface area contributed by atoms with Gasteiger partial charge in [0.15, 0.2) is 5.82 Å². The SMILES string of the molecule is COc1ccc(C(=O)NC(c2nnc3n2CCN(C/C(C)=C/c2ccco2)CC3)C(C)C)cc1. The summed E-state index contributed by atoms with van der Waals surface area (Å²) < 4.78 is 12.8. The summed E-state index contributed by atoms with van der Waals surface area (Å²) in [6.07, 6.45) is 4.59. The van der Waals surface area contributed by atoms with Gasteiger partial charge >= 0.3 is 0 Å². The van der Waals surface area contributed by atoms with Crippen LogP contribution in [0, 0.1) is 5.92 Å². The van der Waals surface area contributed by atoms with Gasteiger partial charge in [0, 0.05) is 38.2 Å². The van der Waals surface area contributed by atoms with E-state index >= 15 is 0 Å². The minimum atomic E-state index is -0.233. The number of hydrogen-bond acceptors (Lipinski definition) is 6. The second-order valence-electron chi connectivity index (χ2n) is 9.08. The van der Waals surface area contributed by atoms with E-state index in [9.17, 15) is 4.79 Å². The molecule has 1 aliphatic heterocycles. The van der Waals surface area contributed by atoms with Crippen LogP contribution in [-0.2, 0) is 13.0 Å². The van der Waals surface area contributed by atoms with Gasteiger partial charge in [-0.05, 0) is 55.3 Å². The third-order valence-corrected chi connectivity index (χ3v) is 6.14. The number of ether oxygens (including phenoxy) is 1. The molecule has 1 aliphatic rings. The van der Waals surface area contributed by atoms with Crippen LogP contribution in [0.4, 0.5) is 0 Å². The number of rotatable bonds is 8. The number of furan rings is 1. The molecule has 34 heavy (non-hydrogen) atoms. The molecule has 0 saturated heterocycles. The van der Waals surface area contributed by atoms with Crippen molar-refractivity contribution in [2.75, 3.05) is 26.7 Å². The van der Waals surface area contributed by atoms with Crippen LogP contribution < -0.4 is 10.1 Å². The lowest BCUT2D eigenvalue weighted by molar-refractivity contribution is 0.0921. The van der Waals surface area contributed by atoms with E-state index in [4.69, 9.17) is 9.15 Å². The molecule has 1 N–H and O–H groups in total. The van der Waals surface area contributed by atoms with Crippen molar-refractivity contribution in [1.29, 1.82) is 0 Å². The summed E-state index contributed by atoms with van der Waals surface area (Å²) in [4.78, 5) is 15.4. The zero-order chi connectivity index (χ0) is 24.1. The van der Waals surface area contributed by atoms with Gasteiger partial charge in [0.1, 0.15) is 17.3 Å². The maximum atomic E-state index is 13.0. The van der Waals surface area contributed by atoms with E-state index < -0.39 is 0 Å². The Morgan fingerprint density at radius 1 is 1.18 bits per heavy atom. The minimum Gasteiger partial charge on any atom is -0.497 e. The molecule has 3 heterocycles. The molecule has 1 amide bonds. The first kappa shape index (κ1) is 23.8. The van der Waals surface area contributed by atoms with Crippen molar-refractivity contribution in [1.82, 2.24) is 25.0 Å². The summed E-state index contributed by atoms with van der Waals surface area (Å²) in [6, 6.07) is 10.8. The Bertz CT molecular complexity index is 1120. The molecule has 1 unspecified atom stereocenters. The number of carbonyl (C=O) groups is 1. The third kappa shape index (κ3) is 5.56. The Kier molecular flexibility index (Phi) is 7.47. The second-order valence-corrected chi connectivity index (χ2v) is 9.08. The van der Waals surface area contributed by atoms with E-state index in [2.05, 4.69) is 51.8 Å². The quantitative estimate of drug-likeness (QED) is 0.544. The van der Waals surface area contributed by atoms with Crippen molar-refractivity contribution in [3.05, 3.63) is 71.2 Å². The molecule has 4 rings (SSSR count). The lowest BCUT2D eigenvalue weighted by Crippen LogP contribution is -2.34. The van der Waals surface area contributed by atoms with Crippen LogP contribution in [0.25, 0.3) is 6.08 Å². The lowest BCUT2D eigenvalue weighted by atomic mass is 10.0. The highest BCUT2D eigenvalue weighted by Crippen LogP contribution is 2.24. The highest BCUT2D eigenvalue weighted by atomic mass is 16.5. The van der Waals surface area contributed by atoms with Crippen LogP contribution in [0.1, 0.15) is 54.6 Å². The van der Waals surface area contributed by atoms with Crippen LogP contribution in [-0.4, -0.2) is 52.3 Å². The largest absolute Gasteiger partial charge is 0.497 e. The Hall–Kier alpha value is -3.39. The number of methoxy groups -OCH3 is 1.